The third kappa shape index (κ3) is 2.41. The van der Waals surface area contributed by atoms with E-state index in [9.17, 15) is 14.7 Å². The Bertz CT molecular complexity index is 1320. The van der Waals surface area contributed by atoms with Gasteiger partial charge in [-0.25, -0.2) is 9.78 Å². The van der Waals surface area contributed by atoms with Crippen LogP contribution in [0.4, 0.5) is 0 Å². The minimum atomic E-state index is -0.373. The van der Waals surface area contributed by atoms with Gasteiger partial charge in [0.15, 0.2) is 0 Å². The molecule has 0 saturated heterocycles. The molecule has 0 bridgehead atoms. The van der Waals surface area contributed by atoms with Crippen LogP contribution in [0.15, 0.2) is 27.8 Å². The fourth-order valence-electron chi connectivity index (χ4n) is 3.35. The number of nitrogens with one attached hydrogen (secondary N) is 2. The number of phenols is 1. The van der Waals surface area contributed by atoms with Gasteiger partial charge >= 0.3 is 5.69 Å². The summed E-state index contributed by atoms with van der Waals surface area (Å²) >= 11 is 0. The molecule has 2 aromatic carbocycles. The molecule has 0 atom stereocenters. The number of nitrogens with zero attached hydrogens (tertiary/aromatic N) is 2. The smallest absolute Gasteiger partial charge is 0.326 e. The summed E-state index contributed by atoms with van der Waals surface area (Å²) in [6, 6.07) is 5.14. The van der Waals surface area contributed by atoms with Gasteiger partial charge < -0.3 is 19.8 Å². The van der Waals surface area contributed by atoms with Gasteiger partial charge in [-0.1, -0.05) is 0 Å². The number of benzene rings is 2. The predicted octanol–water partition coefficient (Wildman–Crippen LogP) is 2.10. The number of H-pyrrole nitrogens is 2. The van der Waals surface area contributed by atoms with E-state index in [1.807, 2.05) is 0 Å². The highest BCUT2D eigenvalue weighted by Crippen LogP contribution is 2.31. The van der Waals surface area contributed by atoms with Crippen LogP contribution >= 0.6 is 0 Å². The molecule has 3 N–H and O–H groups in total. The number of aromatic amines is 2. The first kappa shape index (κ1) is 16.9. The molecule has 0 amide bonds. The quantitative estimate of drug-likeness (QED) is 0.503. The van der Waals surface area contributed by atoms with Crippen molar-refractivity contribution in [2.75, 3.05) is 7.11 Å². The Morgan fingerprint density at radius 2 is 1.78 bits per heavy atom. The normalized spacial score (nSPS) is 11.4. The predicted molar refractivity (Wildman–Crippen MR) is 103 cm³/mol. The van der Waals surface area contributed by atoms with Gasteiger partial charge in [-0.2, -0.15) is 0 Å². The van der Waals surface area contributed by atoms with Crippen LogP contribution in [0.3, 0.4) is 0 Å². The fourth-order valence-corrected chi connectivity index (χ4v) is 3.35. The van der Waals surface area contributed by atoms with Crippen LogP contribution in [-0.2, 0) is 7.05 Å². The molecule has 0 fully saturated rings. The van der Waals surface area contributed by atoms with Gasteiger partial charge in [0, 0.05) is 18.7 Å². The summed E-state index contributed by atoms with van der Waals surface area (Å²) in [7, 11) is 3.10. The zero-order chi connectivity index (χ0) is 19.5. The van der Waals surface area contributed by atoms with E-state index in [1.165, 1.54) is 11.7 Å². The number of hydrogen-bond donors (Lipinski definition) is 3. The number of aryl methyl sites for hydroxylation is 3. The van der Waals surface area contributed by atoms with Crippen molar-refractivity contribution in [2.45, 2.75) is 13.8 Å². The summed E-state index contributed by atoms with van der Waals surface area (Å²) in [5.74, 6) is 0.891. The van der Waals surface area contributed by atoms with Gasteiger partial charge in [0.25, 0.3) is 5.56 Å². The average molecular weight is 366 g/mol. The molecular formula is C19H18N4O4. The van der Waals surface area contributed by atoms with Crippen LogP contribution in [0, 0.1) is 13.8 Å². The van der Waals surface area contributed by atoms with Gasteiger partial charge in [0.1, 0.15) is 28.2 Å². The standard InChI is InChI=1S/C19H18N4O4/c1-8-5-10(6-9(2)16(8)24)17-20-15-13(18(25)22-17)12(27-4)7-11-14(15)21-19(26)23(11)3/h5-7,24H,1-4H3,(H,21,26)(H,20,22,25). The Labute approximate surface area is 153 Å². The SMILES string of the molecule is COc1cc2c([nH]c(=O)n2C)c2nc(-c3cc(C)c(O)c(C)c3)[nH]c(=O)c12. The lowest BCUT2D eigenvalue weighted by Crippen LogP contribution is -2.11. The third-order valence-electron chi connectivity index (χ3n) is 4.81. The molecule has 0 aliphatic rings. The Morgan fingerprint density at radius 3 is 2.41 bits per heavy atom. The number of rotatable bonds is 2. The highest BCUT2D eigenvalue weighted by molar-refractivity contribution is 6.05. The number of aromatic nitrogens is 4. The molecule has 27 heavy (non-hydrogen) atoms. The molecule has 2 aromatic heterocycles. The molecule has 0 spiro atoms. The van der Waals surface area contributed by atoms with Crippen LogP contribution < -0.4 is 16.0 Å². The molecule has 0 aliphatic carbocycles. The first-order valence-corrected chi connectivity index (χ1v) is 8.32. The van der Waals surface area contributed by atoms with Crippen molar-refractivity contribution in [2.24, 2.45) is 7.05 Å². The minimum Gasteiger partial charge on any atom is -0.507 e. The number of aromatic hydroxyl groups is 1. The summed E-state index contributed by atoms with van der Waals surface area (Å²) in [5, 5.41) is 10.3. The van der Waals surface area contributed by atoms with Crippen molar-refractivity contribution >= 4 is 21.9 Å². The van der Waals surface area contributed by atoms with E-state index < -0.39 is 0 Å². The van der Waals surface area contributed by atoms with Gasteiger partial charge in [-0.3, -0.25) is 9.36 Å². The number of hydrogen-bond acceptors (Lipinski definition) is 5. The van der Waals surface area contributed by atoms with Crippen molar-refractivity contribution in [1.82, 2.24) is 19.5 Å². The van der Waals surface area contributed by atoms with Crippen molar-refractivity contribution in [3.63, 3.8) is 0 Å². The summed E-state index contributed by atoms with van der Waals surface area (Å²) in [6.07, 6.45) is 0. The lowest BCUT2D eigenvalue weighted by molar-refractivity contribution is 0.420. The van der Waals surface area contributed by atoms with E-state index in [0.29, 0.717) is 44.8 Å². The highest BCUT2D eigenvalue weighted by Gasteiger charge is 2.18. The van der Waals surface area contributed by atoms with Crippen LogP contribution in [0.1, 0.15) is 11.1 Å². The highest BCUT2D eigenvalue weighted by atomic mass is 16.5. The topological polar surface area (TPSA) is 113 Å². The number of methoxy groups -OCH3 is 1. The summed E-state index contributed by atoms with van der Waals surface area (Å²) in [4.78, 5) is 35.0. The maximum atomic E-state index is 12.8. The Hall–Kier alpha value is -3.55. The van der Waals surface area contributed by atoms with E-state index in [4.69, 9.17) is 4.74 Å². The first-order valence-electron chi connectivity index (χ1n) is 8.32. The molecule has 0 unspecified atom stereocenters. The van der Waals surface area contributed by atoms with E-state index in [-0.39, 0.29) is 22.4 Å². The molecular weight excluding hydrogens is 348 g/mol. The van der Waals surface area contributed by atoms with Crippen LogP contribution in [0.2, 0.25) is 0 Å². The Kier molecular flexibility index (Phi) is 3.59. The van der Waals surface area contributed by atoms with E-state index in [0.717, 1.165) is 0 Å². The van der Waals surface area contributed by atoms with E-state index >= 15 is 0 Å². The average Bonchev–Trinajstić information content (AvgIpc) is 2.93. The molecule has 0 aliphatic heterocycles. The van der Waals surface area contributed by atoms with E-state index in [1.54, 1.807) is 39.1 Å². The van der Waals surface area contributed by atoms with Crippen molar-refractivity contribution < 1.29 is 9.84 Å². The molecule has 0 saturated carbocycles. The monoisotopic (exact) mass is 366 g/mol. The van der Waals surface area contributed by atoms with Crippen LogP contribution in [-0.4, -0.2) is 31.7 Å². The van der Waals surface area contributed by atoms with Crippen LogP contribution in [0.25, 0.3) is 33.3 Å². The summed E-state index contributed by atoms with van der Waals surface area (Å²) in [6.45, 7) is 3.56. The number of imidazole rings is 1. The number of phenolic OH excluding ortho intramolecular Hbond substituents is 1. The molecule has 8 heteroatoms. The zero-order valence-electron chi connectivity index (χ0n) is 15.3. The summed E-state index contributed by atoms with van der Waals surface area (Å²) in [5.41, 5.74) is 2.75. The zero-order valence-corrected chi connectivity index (χ0v) is 15.3. The van der Waals surface area contributed by atoms with Crippen molar-refractivity contribution in [3.8, 4) is 22.9 Å². The lowest BCUT2D eigenvalue weighted by Gasteiger charge is -2.10. The lowest BCUT2D eigenvalue weighted by atomic mass is 10.0. The molecule has 8 nitrogen and oxygen atoms in total. The minimum absolute atomic E-state index is 0.207. The second kappa shape index (κ2) is 5.73. The fraction of sp³-hybridized carbons (Fsp3) is 0.211. The largest absolute Gasteiger partial charge is 0.507 e. The van der Waals surface area contributed by atoms with E-state index in [2.05, 4.69) is 15.0 Å². The second-order valence-corrected chi connectivity index (χ2v) is 6.56. The van der Waals surface area contributed by atoms with Crippen molar-refractivity contribution in [1.29, 1.82) is 0 Å². The van der Waals surface area contributed by atoms with Gasteiger partial charge in [0.05, 0.1) is 18.1 Å². The molecule has 2 heterocycles. The maximum Gasteiger partial charge on any atom is 0.326 e. The molecule has 0 radical (unpaired) electrons. The number of fused-ring (bicyclic) bond motifs is 3. The van der Waals surface area contributed by atoms with Gasteiger partial charge in [0.2, 0.25) is 0 Å². The van der Waals surface area contributed by atoms with Gasteiger partial charge in [-0.05, 0) is 37.1 Å². The maximum absolute atomic E-state index is 12.8. The molecule has 4 rings (SSSR count). The van der Waals surface area contributed by atoms with Crippen molar-refractivity contribution in [3.05, 3.63) is 50.2 Å². The molecule has 4 aromatic rings. The number of ether oxygens (including phenoxy) is 1. The first-order chi connectivity index (χ1) is 12.8. The van der Waals surface area contributed by atoms with Crippen LogP contribution in [0.5, 0.6) is 11.5 Å². The van der Waals surface area contributed by atoms with Gasteiger partial charge in [-0.15, -0.1) is 0 Å². The Morgan fingerprint density at radius 1 is 1.11 bits per heavy atom. The third-order valence-corrected chi connectivity index (χ3v) is 4.81. The second-order valence-electron chi connectivity index (χ2n) is 6.56. The summed E-state index contributed by atoms with van der Waals surface area (Å²) < 4.78 is 6.80. The Balaban J connectivity index is 2.15. The molecule has 138 valence electrons.